The molecule has 1 saturated carbocycles. The van der Waals surface area contributed by atoms with Crippen LogP contribution >= 0.6 is 11.6 Å². The quantitative estimate of drug-likeness (QED) is 0.907. The number of hydrogen-bond acceptors (Lipinski definition) is 4. The highest BCUT2D eigenvalue weighted by Crippen LogP contribution is 2.43. The first-order valence-electron chi connectivity index (χ1n) is 6.90. The molecule has 2 N–H and O–H groups in total. The van der Waals surface area contributed by atoms with Crippen LogP contribution in [0.25, 0.3) is 0 Å². The molecule has 1 aliphatic carbocycles. The van der Waals surface area contributed by atoms with Crippen molar-refractivity contribution in [1.29, 1.82) is 0 Å². The summed E-state index contributed by atoms with van der Waals surface area (Å²) in [7, 11) is 0. The zero-order valence-electron chi connectivity index (χ0n) is 11.2. The fourth-order valence-electron chi connectivity index (χ4n) is 2.82. The molecule has 7 heteroatoms. The van der Waals surface area contributed by atoms with Crippen molar-refractivity contribution in [3.8, 4) is 11.5 Å². The Hall–Kier alpha value is -1.95. The fourth-order valence-corrected chi connectivity index (χ4v) is 3.10. The Kier molecular flexibility index (Phi) is 2.75. The first kappa shape index (κ1) is 12.8. The molecule has 4 rings (SSSR count). The summed E-state index contributed by atoms with van der Waals surface area (Å²) in [5.74, 6) is 1.44. The summed E-state index contributed by atoms with van der Waals surface area (Å²) in [5.41, 5.74) is 6.76. The molecule has 2 heterocycles. The van der Waals surface area contributed by atoms with Gasteiger partial charge in [-0.15, -0.1) is 0 Å². The summed E-state index contributed by atoms with van der Waals surface area (Å²) < 4.78 is 11.1. The van der Waals surface area contributed by atoms with E-state index in [1.165, 1.54) is 0 Å². The number of urea groups is 1. The number of amidine groups is 1. The number of benzene rings is 1. The molecule has 21 heavy (non-hydrogen) atoms. The molecule has 1 fully saturated rings. The van der Waals surface area contributed by atoms with Crippen LogP contribution in [-0.2, 0) is 0 Å². The average molecular weight is 308 g/mol. The third kappa shape index (κ3) is 2.01. The van der Waals surface area contributed by atoms with Crippen molar-refractivity contribution >= 4 is 23.5 Å². The minimum Gasteiger partial charge on any atom is -0.486 e. The Labute approximate surface area is 126 Å². The van der Waals surface area contributed by atoms with Gasteiger partial charge in [-0.25, -0.2) is 4.79 Å². The minimum absolute atomic E-state index is 0.222. The van der Waals surface area contributed by atoms with Crippen molar-refractivity contribution in [3.05, 3.63) is 22.7 Å². The van der Waals surface area contributed by atoms with Crippen molar-refractivity contribution in [2.24, 2.45) is 10.7 Å². The van der Waals surface area contributed by atoms with E-state index in [2.05, 4.69) is 4.99 Å². The molecule has 110 valence electrons. The van der Waals surface area contributed by atoms with E-state index < -0.39 is 0 Å². The third-order valence-corrected chi connectivity index (χ3v) is 4.16. The molecule has 3 aliphatic rings. The van der Waals surface area contributed by atoms with Gasteiger partial charge >= 0.3 is 6.03 Å². The zero-order chi connectivity index (χ0) is 14.6. The lowest BCUT2D eigenvalue weighted by atomic mass is 10.0. The Morgan fingerprint density at radius 2 is 2.05 bits per heavy atom. The molecule has 6 nitrogen and oxygen atoms in total. The van der Waals surface area contributed by atoms with E-state index in [0.29, 0.717) is 35.6 Å². The Morgan fingerprint density at radius 3 is 2.81 bits per heavy atom. The highest BCUT2D eigenvalue weighted by atomic mass is 35.5. The SMILES string of the molecule is NC1=NC(=O)N(C2CC2)C1c1cc(Cl)c2c(c1)OCCO2. The van der Waals surface area contributed by atoms with E-state index in [9.17, 15) is 4.79 Å². The lowest BCUT2D eigenvalue weighted by Crippen LogP contribution is -2.35. The Bertz CT molecular complexity index is 657. The first-order valence-corrected chi connectivity index (χ1v) is 7.28. The van der Waals surface area contributed by atoms with Gasteiger partial charge in [0.1, 0.15) is 25.1 Å². The lowest BCUT2D eigenvalue weighted by molar-refractivity contribution is 0.171. The number of amides is 2. The van der Waals surface area contributed by atoms with Crippen molar-refractivity contribution in [2.75, 3.05) is 13.2 Å². The monoisotopic (exact) mass is 307 g/mol. The third-order valence-electron chi connectivity index (χ3n) is 3.88. The van der Waals surface area contributed by atoms with Crippen molar-refractivity contribution in [1.82, 2.24) is 4.90 Å². The number of rotatable bonds is 2. The molecule has 0 bridgehead atoms. The summed E-state index contributed by atoms with van der Waals surface area (Å²) in [5, 5.41) is 0.463. The standard InChI is InChI=1S/C14H14ClN3O3/c15-9-5-7(6-10-12(9)21-4-3-20-10)11-13(16)17-14(19)18(11)8-1-2-8/h5-6,8,11H,1-4H2,(H2,16,17,19). The van der Waals surface area contributed by atoms with E-state index >= 15 is 0 Å². The number of aliphatic imine (C=N–C) groups is 1. The normalized spacial score (nSPS) is 24.2. The van der Waals surface area contributed by atoms with Crippen LogP contribution in [0, 0.1) is 0 Å². The number of carbonyl (C=O) groups is 1. The molecule has 2 aliphatic heterocycles. The topological polar surface area (TPSA) is 77.2 Å². The fraction of sp³-hybridized carbons (Fsp3) is 0.429. The van der Waals surface area contributed by atoms with Crippen LogP contribution in [0.15, 0.2) is 17.1 Å². The van der Waals surface area contributed by atoms with Crippen LogP contribution in [0.3, 0.4) is 0 Å². The second-order valence-corrected chi connectivity index (χ2v) is 5.79. The largest absolute Gasteiger partial charge is 0.486 e. The Morgan fingerprint density at radius 1 is 1.29 bits per heavy atom. The lowest BCUT2D eigenvalue weighted by Gasteiger charge is -2.26. The van der Waals surface area contributed by atoms with Crippen molar-refractivity contribution < 1.29 is 14.3 Å². The van der Waals surface area contributed by atoms with Gasteiger partial charge in [-0.2, -0.15) is 4.99 Å². The molecule has 1 aromatic rings. The number of halogens is 1. The van der Waals surface area contributed by atoms with E-state index in [0.717, 1.165) is 18.4 Å². The summed E-state index contributed by atoms with van der Waals surface area (Å²) in [6.45, 7) is 0.956. The maximum atomic E-state index is 12.0. The van der Waals surface area contributed by atoms with Crippen molar-refractivity contribution in [3.63, 3.8) is 0 Å². The summed E-state index contributed by atoms with van der Waals surface area (Å²) in [4.78, 5) is 17.6. The van der Waals surface area contributed by atoms with E-state index in [1.807, 2.05) is 6.07 Å². The summed E-state index contributed by atoms with van der Waals surface area (Å²) >= 11 is 6.26. The van der Waals surface area contributed by atoms with E-state index in [4.69, 9.17) is 26.8 Å². The van der Waals surface area contributed by atoms with Crippen LogP contribution < -0.4 is 15.2 Å². The summed E-state index contributed by atoms with van der Waals surface area (Å²) in [6.07, 6.45) is 1.98. The maximum absolute atomic E-state index is 12.0. The average Bonchev–Trinajstić information content (AvgIpc) is 3.24. The Balaban J connectivity index is 1.77. The van der Waals surface area contributed by atoms with Crippen molar-refractivity contribution in [2.45, 2.75) is 24.9 Å². The summed E-state index contributed by atoms with van der Waals surface area (Å²) in [6, 6.07) is 3.20. The molecule has 1 unspecified atom stereocenters. The van der Waals surface area contributed by atoms with Gasteiger partial charge in [-0.05, 0) is 30.5 Å². The van der Waals surface area contributed by atoms with E-state index in [1.54, 1.807) is 11.0 Å². The van der Waals surface area contributed by atoms with Gasteiger partial charge in [0.2, 0.25) is 0 Å². The van der Waals surface area contributed by atoms with Gasteiger partial charge in [0.15, 0.2) is 11.5 Å². The van der Waals surface area contributed by atoms with Gasteiger partial charge < -0.3 is 20.1 Å². The van der Waals surface area contributed by atoms with Crippen LogP contribution in [0.2, 0.25) is 5.02 Å². The highest BCUT2D eigenvalue weighted by Gasteiger charge is 2.44. The molecular weight excluding hydrogens is 294 g/mol. The van der Waals surface area contributed by atoms with Gasteiger partial charge in [-0.1, -0.05) is 11.6 Å². The van der Waals surface area contributed by atoms with Crippen LogP contribution in [0.5, 0.6) is 11.5 Å². The molecule has 1 aromatic carbocycles. The highest BCUT2D eigenvalue weighted by molar-refractivity contribution is 6.32. The van der Waals surface area contributed by atoms with E-state index in [-0.39, 0.29) is 18.1 Å². The molecule has 0 aromatic heterocycles. The number of carbonyl (C=O) groups excluding carboxylic acids is 1. The van der Waals surface area contributed by atoms with Crippen LogP contribution in [0.4, 0.5) is 4.79 Å². The number of ether oxygens (including phenoxy) is 2. The second kappa shape index (κ2) is 4.53. The van der Waals surface area contributed by atoms with Crippen LogP contribution in [0.1, 0.15) is 24.4 Å². The predicted molar refractivity (Wildman–Crippen MR) is 77.1 cm³/mol. The molecular formula is C14H14ClN3O3. The zero-order valence-corrected chi connectivity index (χ0v) is 12.0. The minimum atomic E-state index is -0.363. The van der Waals surface area contributed by atoms with Gasteiger partial charge in [0.05, 0.1) is 5.02 Å². The number of nitrogens with zero attached hydrogens (tertiary/aromatic N) is 2. The number of fused-ring (bicyclic) bond motifs is 1. The first-order chi connectivity index (χ1) is 10.1. The number of hydrogen-bond donors (Lipinski definition) is 1. The number of nitrogens with two attached hydrogens (primary N) is 1. The van der Waals surface area contributed by atoms with Gasteiger partial charge in [0.25, 0.3) is 0 Å². The molecule has 0 radical (unpaired) electrons. The predicted octanol–water partition coefficient (Wildman–Crippen LogP) is 2.11. The second-order valence-electron chi connectivity index (χ2n) is 5.39. The molecule has 2 amide bonds. The molecule has 0 saturated heterocycles. The van der Waals surface area contributed by atoms with Gasteiger partial charge in [0, 0.05) is 6.04 Å². The molecule has 1 atom stereocenters. The smallest absolute Gasteiger partial charge is 0.346 e. The van der Waals surface area contributed by atoms with Gasteiger partial charge in [-0.3, -0.25) is 0 Å². The molecule has 0 spiro atoms. The van der Waals surface area contributed by atoms with Crippen LogP contribution in [-0.4, -0.2) is 36.0 Å². The maximum Gasteiger partial charge on any atom is 0.346 e.